The molecule has 1 aromatic rings. The van der Waals surface area contributed by atoms with Crippen molar-refractivity contribution >= 4 is 11.9 Å². The van der Waals surface area contributed by atoms with Crippen molar-refractivity contribution in [2.45, 2.75) is 39.2 Å². The summed E-state index contributed by atoms with van der Waals surface area (Å²) in [5.74, 6) is -1.35. The number of hydrogen-bond donors (Lipinski definition) is 2. The smallest absolute Gasteiger partial charge is 0.328 e. The number of carbonyl (C=O) groups excluding carboxylic acids is 1. The molecule has 5 heteroatoms. The number of rotatable bonds is 9. The molecule has 1 amide bonds. The molecule has 0 saturated carbocycles. The minimum atomic E-state index is -1.09. The Morgan fingerprint density at radius 3 is 2.45 bits per heavy atom. The van der Waals surface area contributed by atoms with Gasteiger partial charge < -0.3 is 15.2 Å². The highest BCUT2D eigenvalue weighted by Crippen LogP contribution is 2.24. The van der Waals surface area contributed by atoms with Gasteiger partial charge >= 0.3 is 5.97 Å². The Hall–Kier alpha value is -1.88. The van der Waals surface area contributed by atoms with Crippen LogP contribution in [0.25, 0.3) is 0 Å². The van der Waals surface area contributed by atoms with Crippen LogP contribution < -0.4 is 5.32 Å². The number of nitrogens with one attached hydrogen (secondary N) is 1. The zero-order valence-corrected chi connectivity index (χ0v) is 13.5. The number of carboxylic acid groups (broad SMARTS) is 1. The predicted octanol–water partition coefficient (Wildman–Crippen LogP) is 2.25. The first-order valence-electron chi connectivity index (χ1n) is 7.43. The van der Waals surface area contributed by atoms with Gasteiger partial charge in [0.1, 0.15) is 0 Å². The molecule has 0 saturated heterocycles. The number of carboxylic acids is 1. The summed E-state index contributed by atoms with van der Waals surface area (Å²) in [7, 11) is 1.41. The Morgan fingerprint density at radius 1 is 1.27 bits per heavy atom. The number of hydrogen-bond acceptors (Lipinski definition) is 3. The van der Waals surface area contributed by atoms with Crippen LogP contribution in [0.3, 0.4) is 0 Å². The standard InChI is InChI=1S/C17H25NO4/c1-17(2,11-7-10-13-8-5-4-6-9-13)16(21)18-14(12-22-3)15(19)20/h4-6,8-9,14H,7,10-12H2,1-3H3,(H,18,21)(H,19,20). The molecule has 1 atom stereocenters. The Labute approximate surface area is 131 Å². The van der Waals surface area contributed by atoms with Gasteiger partial charge in [0.05, 0.1) is 6.61 Å². The maximum atomic E-state index is 12.3. The molecule has 2 N–H and O–H groups in total. The Bertz CT molecular complexity index is 485. The van der Waals surface area contributed by atoms with Crippen LogP contribution in [0.5, 0.6) is 0 Å². The monoisotopic (exact) mass is 307 g/mol. The maximum absolute atomic E-state index is 12.3. The Balaban J connectivity index is 2.49. The molecule has 0 spiro atoms. The molecule has 0 fully saturated rings. The number of aryl methyl sites for hydroxylation is 1. The first-order valence-corrected chi connectivity index (χ1v) is 7.43. The minimum absolute atomic E-state index is 0.0405. The first kappa shape index (κ1) is 18.2. The van der Waals surface area contributed by atoms with Gasteiger partial charge in [0.2, 0.25) is 5.91 Å². The summed E-state index contributed by atoms with van der Waals surface area (Å²) in [6.07, 6.45) is 2.46. The van der Waals surface area contributed by atoms with E-state index in [2.05, 4.69) is 17.4 Å². The molecule has 0 bridgehead atoms. The van der Waals surface area contributed by atoms with Crippen LogP contribution in [0.4, 0.5) is 0 Å². The fourth-order valence-electron chi connectivity index (χ4n) is 2.19. The summed E-state index contributed by atoms with van der Waals surface area (Å²) in [4.78, 5) is 23.3. The van der Waals surface area contributed by atoms with Crippen molar-refractivity contribution in [1.29, 1.82) is 0 Å². The van der Waals surface area contributed by atoms with E-state index >= 15 is 0 Å². The van der Waals surface area contributed by atoms with E-state index in [1.54, 1.807) is 0 Å². The lowest BCUT2D eigenvalue weighted by Crippen LogP contribution is -2.48. The molecule has 1 aromatic carbocycles. The van der Waals surface area contributed by atoms with E-state index in [4.69, 9.17) is 9.84 Å². The van der Waals surface area contributed by atoms with E-state index < -0.39 is 17.4 Å². The summed E-state index contributed by atoms with van der Waals surface area (Å²) in [6.45, 7) is 3.62. The van der Waals surface area contributed by atoms with E-state index in [0.29, 0.717) is 6.42 Å². The number of ether oxygens (including phenoxy) is 1. The molecule has 1 rings (SSSR count). The van der Waals surface area contributed by atoms with Crippen molar-refractivity contribution in [3.05, 3.63) is 35.9 Å². The topological polar surface area (TPSA) is 75.6 Å². The van der Waals surface area contributed by atoms with Crippen molar-refractivity contribution in [2.75, 3.05) is 13.7 Å². The fraction of sp³-hybridized carbons (Fsp3) is 0.529. The maximum Gasteiger partial charge on any atom is 0.328 e. The van der Waals surface area contributed by atoms with Gasteiger partial charge in [-0.25, -0.2) is 4.79 Å². The lowest BCUT2D eigenvalue weighted by atomic mass is 9.85. The molecule has 0 aliphatic heterocycles. The lowest BCUT2D eigenvalue weighted by molar-refractivity contribution is -0.145. The fourth-order valence-corrected chi connectivity index (χ4v) is 2.19. The van der Waals surface area contributed by atoms with Gasteiger partial charge in [-0.1, -0.05) is 44.2 Å². The van der Waals surface area contributed by atoms with Crippen LogP contribution in [0.2, 0.25) is 0 Å². The summed E-state index contributed by atoms with van der Waals surface area (Å²) in [5, 5.41) is 11.6. The van der Waals surface area contributed by atoms with Gasteiger partial charge in [-0.3, -0.25) is 4.79 Å². The largest absolute Gasteiger partial charge is 0.480 e. The Morgan fingerprint density at radius 2 is 1.91 bits per heavy atom. The normalized spacial score (nSPS) is 12.7. The van der Waals surface area contributed by atoms with Gasteiger partial charge in [-0.05, 0) is 24.8 Å². The SMILES string of the molecule is COCC(NC(=O)C(C)(C)CCCc1ccccc1)C(=O)O. The average molecular weight is 307 g/mol. The third-order valence-electron chi connectivity index (χ3n) is 3.66. The summed E-state index contributed by atoms with van der Waals surface area (Å²) >= 11 is 0. The van der Waals surface area contributed by atoms with E-state index in [0.717, 1.165) is 12.8 Å². The minimum Gasteiger partial charge on any atom is -0.480 e. The number of benzene rings is 1. The second-order valence-corrected chi connectivity index (χ2v) is 6.04. The van der Waals surface area contributed by atoms with Crippen LogP contribution in [-0.4, -0.2) is 36.7 Å². The van der Waals surface area contributed by atoms with Crippen LogP contribution in [0, 0.1) is 5.41 Å². The van der Waals surface area contributed by atoms with Gasteiger partial charge in [-0.15, -0.1) is 0 Å². The van der Waals surface area contributed by atoms with Crippen LogP contribution >= 0.6 is 0 Å². The lowest BCUT2D eigenvalue weighted by Gasteiger charge is -2.25. The van der Waals surface area contributed by atoms with Gasteiger partial charge in [0, 0.05) is 12.5 Å². The van der Waals surface area contributed by atoms with Crippen molar-refractivity contribution in [3.8, 4) is 0 Å². The second-order valence-electron chi connectivity index (χ2n) is 6.04. The van der Waals surface area contributed by atoms with Gasteiger partial charge in [0.15, 0.2) is 6.04 Å². The number of methoxy groups -OCH3 is 1. The molecule has 122 valence electrons. The van der Waals surface area contributed by atoms with E-state index in [9.17, 15) is 9.59 Å². The van der Waals surface area contributed by atoms with Gasteiger partial charge in [-0.2, -0.15) is 0 Å². The van der Waals surface area contributed by atoms with Crippen molar-refractivity contribution in [2.24, 2.45) is 5.41 Å². The average Bonchev–Trinajstić information content (AvgIpc) is 2.47. The number of aliphatic carboxylic acids is 1. The van der Waals surface area contributed by atoms with Crippen molar-refractivity contribution < 1.29 is 19.4 Å². The molecule has 1 unspecified atom stereocenters. The van der Waals surface area contributed by atoms with E-state index in [-0.39, 0.29) is 12.5 Å². The molecule has 0 aromatic heterocycles. The molecular formula is C17H25NO4. The summed E-state index contributed by atoms with van der Waals surface area (Å²) < 4.78 is 4.82. The highest BCUT2D eigenvalue weighted by atomic mass is 16.5. The molecular weight excluding hydrogens is 282 g/mol. The summed E-state index contributed by atoms with van der Waals surface area (Å²) in [5.41, 5.74) is 0.623. The zero-order valence-electron chi connectivity index (χ0n) is 13.5. The Kier molecular flexibility index (Phi) is 7.05. The molecule has 0 radical (unpaired) electrons. The highest BCUT2D eigenvalue weighted by Gasteiger charge is 2.30. The van der Waals surface area contributed by atoms with Crippen LogP contribution in [-0.2, 0) is 20.7 Å². The highest BCUT2D eigenvalue weighted by molar-refractivity contribution is 5.87. The molecule has 0 heterocycles. The van der Waals surface area contributed by atoms with Crippen LogP contribution in [0.15, 0.2) is 30.3 Å². The van der Waals surface area contributed by atoms with Crippen molar-refractivity contribution in [1.82, 2.24) is 5.32 Å². The van der Waals surface area contributed by atoms with Crippen LogP contribution in [0.1, 0.15) is 32.3 Å². The third-order valence-corrected chi connectivity index (χ3v) is 3.66. The first-order chi connectivity index (χ1) is 10.4. The molecule has 0 aliphatic rings. The zero-order chi connectivity index (χ0) is 16.6. The number of amides is 1. The predicted molar refractivity (Wildman–Crippen MR) is 84.6 cm³/mol. The second kappa shape index (κ2) is 8.54. The van der Waals surface area contributed by atoms with Gasteiger partial charge in [0.25, 0.3) is 0 Å². The third kappa shape index (κ3) is 5.85. The molecule has 0 aliphatic carbocycles. The quantitative estimate of drug-likeness (QED) is 0.733. The molecule has 5 nitrogen and oxygen atoms in total. The number of carbonyl (C=O) groups is 2. The van der Waals surface area contributed by atoms with E-state index in [1.165, 1.54) is 12.7 Å². The molecule has 22 heavy (non-hydrogen) atoms. The van der Waals surface area contributed by atoms with Crippen molar-refractivity contribution in [3.63, 3.8) is 0 Å². The summed E-state index contributed by atoms with van der Waals surface area (Å²) in [6, 6.07) is 9.08. The van der Waals surface area contributed by atoms with E-state index in [1.807, 2.05) is 32.0 Å².